The molecule has 1 aliphatic heterocycles. The van der Waals surface area contributed by atoms with Crippen molar-refractivity contribution in [3.63, 3.8) is 0 Å². The number of fused-ring (bicyclic) bond motifs is 1. The lowest BCUT2D eigenvalue weighted by molar-refractivity contribution is -0.384. The second-order valence-electron chi connectivity index (χ2n) is 8.23. The van der Waals surface area contributed by atoms with Crippen LogP contribution in [0, 0.1) is 10.1 Å². The monoisotopic (exact) mass is 519 g/mol. The molecule has 0 spiro atoms. The standard InChI is InChI=1S/C25H21N5O6S/c1-35-21-8-5-15(10-22(21)36-2)20-12-19(23-4-3-9-37-23)27-29(20)24(31)13-28-14-26-18-11-16(30(33)34)6-7-17(18)25(28)32/h3-11,14,20H,12-13H2,1-2H3. The lowest BCUT2D eigenvalue weighted by Crippen LogP contribution is -2.34. The van der Waals surface area contributed by atoms with Gasteiger partial charge in [0, 0.05) is 18.6 Å². The van der Waals surface area contributed by atoms with Gasteiger partial charge < -0.3 is 9.47 Å². The minimum absolute atomic E-state index is 0.168. The lowest BCUT2D eigenvalue weighted by atomic mass is 10.0. The van der Waals surface area contributed by atoms with Crippen LogP contribution >= 0.6 is 11.3 Å². The van der Waals surface area contributed by atoms with Crippen molar-refractivity contribution < 1.29 is 19.2 Å². The first-order valence-corrected chi connectivity index (χ1v) is 12.1. The van der Waals surface area contributed by atoms with E-state index in [0.717, 1.165) is 16.2 Å². The van der Waals surface area contributed by atoms with E-state index >= 15 is 0 Å². The van der Waals surface area contributed by atoms with Gasteiger partial charge in [-0.2, -0.15) is 5.10 Å². The third-order valence-corrected chi connectivity index (χ3v) is 7.01. The number of carbonyl (C=O) groups is 1. The summed E-state index contributed by atoms with van der Waals surface area (Å²) >= 11 is 1.53. The van der Waals surface area contributed by atoms with Crippen LogP contribution in [-0.2, 0) is 11.3 Å². The molecule has 1 atom stereocenters. The number of amides is 1. The van der Waals surface area contributed by atoms with Gasteiger partial charge in [0.2, 0.25) is 0 Å². The van der Waals surface area contributed by atoms with Crippen LogP contribution in [0.2, 0.25) is 0 Å². The van der Waals surface area contributed by atoms with Crippen LogP contribution in [0.15, 0.2) is 70.1 Å². The SMILES string of the molecule is COc1ccc(C2CC(c3cccs3)=NN2C(=O)Cn2cnc3cc([N+](=O)[O-])ccc3c2=O)cc1OC. The summed E-state index contributed by atoms with van der Waals surface area (Å²) in [5.74, 6) is 0.688. The molecule has 0 N–H and O–H groups in total. The largest absolute Gasteiger partial charge is 0.493 e. The number of rotatable bonds is 7. The summed E-state index contributed by atoms with van der Waals surface area (Å²) < 4.78 is 12.0. The van der Waals surface area contributed by atoms with Crippen LogP contribution in [0.1, 0.15) is 22.9 Å². The highest BCUT2D eigenvalue weighted by molar-refractivity contribution is 7.12. The van der Waals surface area contributed by atoms with Gasteiger partial charge in [-0.15, -0.1) is 11.3 Å². The van der Waals surface area contributed by atoms with E-state index in [4.69, 9.17) is 9.47 Å². The van der Waals surface area contributed by atoms with Crippen molar-refractivity contribution >= 4 is 39.5 Å². The fourth-order valence-electron chi connectivity index (χ4n) is 4.24. The molecular formula is C25H21N5O6S. The second-order valence-corrected chi connectivity index (χ2v) is 9.18. The van der Waals surface area contributed by atoms with Crippen molar-refractivity contribution in [1.82, 2.24) is 14.6 Å². The highest BCUT2D eigenvalue weighted by atomic mass is 32.1. The Hall–Kier alpha value is -4.58. The van der Waals surface area contributed by atoms with E-state index in [-0.39, 0.29) is 23.1 Å². The van der Waals surface area contributed by atoms with Crippen LogP contribution in [0.5, 0.6) is 11.5 Å². The van der Waals surface area contributed by atoms with E-state index in [2.05, 4.69) is 10.1 Å². The smallest absolute Gasteiger partial charge is 0.271 e. The van der Waals surface area contributed by atoms with Gasteiger partial charge in [0.15, 0.2) is 11.5 Å². The molecule has 2 aromatic carbocycles. The van der Waals surface area contributed by atoms with Crippen molar-refractivity contribution in [3.8, 4) is 11.5 Å². The molecule has 1 unspecified atom stereocenters. The Bertz CT molecular complexity index is 1600. The molecule has 37 heavy (non-hydrogen) atoms. The average molecular weight is 520 g/mol. The number of aromatic nitrogens is 2. The Morgan fingerprint density at radius 1 is 1.16 bits per heavy atom. The molecule has 1 amide bonds. The number of benzene rings is 2. The van der Waals surface area contributed by atoms with Gasteiger partial charge in [-0.05, 0) is 35.2 Å². The Balaban J connectivity index is 1.49. The number of nitro benzene ring substituents is 1. The summed E-state index contributed by atoms with van der Waals surface area (Å²) in [5, 5.41) is 19.2. The number of hydrogen-bond donors (Lipinski definition) is 0. The van der Waals surface area contributed by atoms with E-state index < -0.39 is 22.4 Å². The molecule has 188 valence electrons. The van der Waals surface area contributed by atoms with Crippen molar-refractivity contribution in [3.05, 3.63) is 91.1 Å². The fourth-order valence-corrected chi connectivity index (χ4v) is 4.96. The number of ether oxygens (including phenoxy) is 2. The number of hydrogen-bond acceptors (Lipinski definition) is 9. The minimum atomic E-state index is -0.555. The third-order valence-electron chi connectivity index (χ3n) is 6.09. The molecule has 5 rings (SSSR count). The Kier molecular flexibility index (Phi) is 6.40. The van der Waals surface area contributed by atoms with Crippen LogP contribution in [0.3, 0.4) is 0 Å². The molecular weight excluding hydrogens is 498 g/mol. The van der Waals surface area contributed by atoms with Gasteiger partial charge in [-0.3, -0.25) is 24.3 Å². The first-order chi connectivity index (χ1) is 17.9. The predicted octanol–water partition coefficient (Wildman–Crippen LogP) is 3.76. The molecule has 0 saturated heterocycles. The Morgan fingerprint density at radius 2 is 1.97 bits per heavy atom. The quantitative estimate of drug-likeness (QED) is 0.268. The van der Waals surface area contributed by atoms with Gasteiger partial charge >= 0.3 is 0 Å². The van der Waals surface area contributed by atoms with E-state index in [1.165, 1.54) is 45.4 Å². The number of nitro groups is 1. The van der Waals surface area contributed by atoms with Crippen molar-refractivity contribution in [2.75, 3.05) is 14.2 Å². The zero-order chi connectivity index (χ0) is 26.1. The topological polar surface area (TPSA) is 129 Å². The maximum absolute atomic E-state index is 13.5. The summed E-state index contributed by atoms with van der Waals surface area (Å²) in [6.07, 6.45) is 1.70. The first kappa shape index (κ1) is 24.1. The zero-order valence-corrected chi connectivity index (χ0v) is 20.7. The highest BCUT2D eigenvalue weighted by Crippen LogP contribution is 2.38. The summed E-state index contributed by atoms with van der Waals surface area (Å²) in [6, 6.07) is 12.7. The number of carbonyl (C=O) groups excluding carboxylic acids is 1. The van der Waals surface area contributed by atoms with Crippen LogP contribution in [-0.4, -0.2) is 45.3 Å². The van der Waals surface area contributed by atoms with Crippen molar-refractivity contribution in [2.24, 2.45) is 5.10 Å². The molecule has 11 nitrogen and oxygen atoms in total. The van der Waals surface area contributed by atoms with Crippen molar-refractivity contribution in [1.29, 1.82) is 0 Å². The number of thiophene rings is 1. The van der Waals surface area contributed by atoms with Crippen LogP contribution < -0.4 is 15.0 Å². The molecule has 0 saturated carbocycles. The number of nitrogens with zero attached hydrogens (tertiary/aromatic N) is 5. The first-order valence-electron chi connectivity index (χ1n) is 11.2. The molecule has 1 aliphatic rings. The zero-order valence-electron chi connectivity index (χ0n) is 19.9. The highest BCUT2D eigenvalue weighted by Gasteiger charge is 2.34. The maximum Gasteiger partial charge on any atom is 0.271 e. The van der Waals surface area contributed by atoms with Gasteiger partial charge in [-0.25, -0.2) is 9.99 Å². The van der Waals surface area contributed by atoms with Gasteiger partial charge in [0.05, 0.1) is 53.0 Å². The number of hydrazone groups is 1. The molecule has 0 aliphatic carbocycles. The van der Waals surface area contributed by atoms with E-state index in [9.17, 15) is 19.7 Å². The molecule has 12 heteroatoms. The summed E-state index contributed by atoms with van der Waals surface area (Å²) in [4.78, 5) is 42.1. The molecule has 3 heterocycles. The fraction of sp³-hybridized carbons (Fsp3) is 0.200. The number of methoxy groups -OCH3 is 2. The minimum Gasteiger partial charge on any atom is -0.493 e. The van der Waals surface area contributed by atoms with Crippen molar-refractivity contribution in [2.45, 2.75) is 19.0 Å². The van der Waals surface area contributed by atoms with Gasteiger partial charge in [-0.1, -0.05) is 12.1 Å². The molecule has 0 fully saturated rings. The van der Waals surface area contributed by atoms with E-state index in [1.807, 2.05) is 29.6 Å². The maximum atomic E-state index is 13.5. The third kappa shape index (κ3) is 4.54. The second kappa shape index (κ2) is 9.82. The molecule has 2 aromatic heterocycles. The summed E-state index contributed by atoms with van der Waals surface area (Å²) in [6.45, 7) is -0.302. The van der Waals surface area contributed by atoms with Gasteiger partial charge in [0.25, 0.3) is 17.2 Å². The average Bonchev–Trinajstić information content (AvgIpc) is 3.60. The summed E-state index contributed by atoms with van der Waals surface area (Å²) in [5.41, 5.74) is 1.11. The molecule has 4 aromatic rings. The van der Waals surface area contributed by atoms with Crippen LogP contribution in [0.4, 0.5) is 5.69 Å². The number of non-ortho nitro benzene ring substituents is 1. The molecule has 0 bridgehead atoms. The Labute approximate surface area is 214 Å². The van der Waals surface area contributed by atoms with E-state index in [1.54, 1.807) is 20.3 Å². The predicted molar refractivity (Wildman–Crippen MR) is 137 cm³/mol. The van der Waals surface area contributed by atoms with Crippen LogP contribution in [0.25, 0.3) is 10.9 Å². The normalized spacial score (nSPS) is 15.0. The summed E-state index contributed by atoms with van der Waals surface area (Å²) in [7, 11) is 3.09. The Morgan fingerprint density at radius 3 is 2.68 bits per heavy atom. The van der Waals surface area contributed by atoms with Gasteiger partial charge in [0.1, 0.15) is 6.54 Å². The van der Waals surface area contributed by atoms with E-state index in [0.29, 0.717) is 17.9 Å². The lowest BCUT2D eigenvalue weighted by Gasteiger charge is -2.23. The molecule has 0 radical (unpaired) electrons.